The van der Waals surface area contributed by atoms with Crippen LogP contribution in [-0.2, 0) is 12.8 Å². The van der Waals surface area contributed by atoms with E-state index in [2.05, 4.69) is 342 Å². The van der Waals surface area contributed by atoms with Crippen LogP contribution in [0.1, 0.15) is 73.9 Å². The van der Waals surface area contributed by atoms with Crippen LogP contribution in [0.3, 0.4) is 0 Å². The third-order valence-electron chi connectivity index (χ3n) is 15.6. The maximum atomic E-state index is 3.60. The van der Waals surface area contributed by atoms with Crippen LogP contribution in [0, 0.1) is 27.7 Å². The first-order chi connectivity index (χ1) is 41.0. The maximum absolute atomic E-state index is 3.60. The van der Waals surface area contributed by atoms with Gasteiger partial charge in [0.15, 0.2) is 0 Å². The van der Waals surface area contributed by atoms with E-state index in [4.69, 9.17) is 0 Å². The van der Waals surface area contributed by atoms with Gasteiger partial charge in [0, 0.05) is 43.1 Å². The Balaban J connectivity index is 0.00000207. The molecule has 0 saturated carbocycles. The molecule has 0 aromatic heterocycles. The third-order valence-corrected chi connectivity index (χ3v) is 16.7. The zero-order chi connectivity index (χ0) is 59.3. The number of nitrogens with zero attached hydrogens (tertiary/aromatic N) is 2. The van der Waals surface area contributed by atoms with Gasteiger partial charge in [-0.3, -0.25) is 0 Å². The number of benzene rings is 11. The molecule has 11 aromatic rings. The van der Waals surface area contributed by atoms with Crippen molar-refractivity contribution in [2.45, 2.75) is 81.1 Å². The first kappa shape index (κ1) is 61.0. The van der Waals surface area contributed by atoms with E-state index in [1.165, 1.54) is 100 Å². The van der Waals surface area contributed by atoms with Crippen LogP contribution in [0.25, 0.3) is 66.8 Å². The maximum Gasteiger partial charge on any atom is 0.0464 e. The molecule has 0 aliphatic carbocycles. The second kappa shape index (κ2) is 28.8. The summed E-state index contributed by atoms with van der Waals surface area (Å²) in [6.45, 7) is 17.5. The lowest BCUT2D eigenvalue weighted by Gasteiger charge is -2.27. The summed E-state index contributed by atoms with van der Waals surface area (Å²) in [7, 11) is 0. The molecule has 0 unspecified atom stereocenters. The Morgan fingerprint density at radius 2 is 0.476 bits per heavy atom. The summed E-state index contributed by atoms with van der Waals surface area (Å²) >= 11 is 10.1. The number of hydrogen-bond donors (Lipinski definition) is 0. The number of hydrogen-bond acceptors (Lipinski definition) is 2. The quantitative estimate of drug-likeness (QED) is 0.0890. The molecule has 0 fully saturated rings. The summed E-state index contributed by atoms with van der Waals surface area (Å²) in [5.41, 5.74) is 29.0. The van der Waals surface area contributed by atoms with E-state index < -0.39 is 0 Å². The Labute approximate surface area is 526 Å². The van der Waals surface area contributed by atoms with Crippen LogP contribution in [0.4, 0.5) is 34.1 Å². The summed E-state index contributed by atoms with van der Waals surface area (Å²) in [6.07, 6.45) is 4.50. The van der Waals surface area contributed by atoms with Gasteiger partial charge in [0.1, 0.15) is 0 Å². The molecule has 0 atom stereocenters. The smallest absolute Gasteiger partial charge is 0.0464 e. The van der Waals surface area contributed by atoms with E-state index in [-0.39, 0.29) is 0 Å². The Morgan fingerprint density at radius 1 is 0.262 bits per heavy atom. The van der Waals surface area contributed by atoms with Gasteiger partial charge in [-0.1, -0.05) is 234 Å². The van der Waals surface area contributed by atoms with E-state index in [0.29, 0.717) is 0 Å². The van der Waals surface area contributed by atoms with Gasteiger partial charge >= 0.3 is 0 Å². The molecular weight excluding hydrogens is 1220 g/mol. The highest BCUT2D eigenvalue weighted by atomic mass is 79.9. The minimum absolute atomic E-state index is 1.08. The molecule has 0 bridgehead atoms. The number of rotatable bonds is 16. The van der Waals surface area contributed by atoms with Crippen molar-refractivity contribution in [2.75, 3.05) is 15.6 Å². The van der Waals surface area contributed by atoms with Crippen molar-refractivity contribution in [3.63, 3.8) is 0 Å². The summed E-state index contributed by atoms with van der Waals surface area (Å²) in [4.78, 5) is 4.76. The minimum Gasteiger partial charge on any atom is -0.310 e. The molecule has 11 aromatic carbocycles. The number of halogens is 3. The molecule has 84 heavy (non-hydrogen) atoms. The average molecular weight is 1290 g/mol. The van der Waals surface area contributed by atoms with E-state index in [9.17, 15) is 0 Å². The molecule has 11 rings (SSSR count). The molecule has 0 heterocycles. The molecule has 422 valence electrons. The van der Waals surface area contributed by atoms with Crippen molar-refractivity contribution in [1.29, 1.82) is 0 Å². The lowest BCUT2D eigenvalue weighted by molar-refractivity contribution is 0.922. The lowest BCUT2D eigenvalue weighted by Crippen LogP contribution is -2.10. The standard InChI is InChI=1S/C76H66Br2N2.C2H6.CH3Br/c1-7-9-55-11-15-57(16-12-55)61-23-35-67(36-24-61)79(69-39-27-63(28-40-69)59-19-31-65(77)32-20-59)71-43-45-73(51(3)47-71)75-49-54(6)76(50-53(75)5)74-46-44-72(48-52(74)4)80(70-41-29-64(30-42-70)60-21-33-66(78)34-22-60)68-37-25-62(26-38-68)58-17-13-56(10-8-2)14-18-58;2*1-2/h11-50H,7-10H2,1-6H3;1-2H3;1H3. The van der Waals surface area contributed by atoms with Gasteiger partial charge < -0.3 is 9.80 Å². The number of anilines is 6. The Hall–Kier alpha value is -7.54. The topological polar surface area (TPSA) is 6.48 Å². The Bertz CT molecular complexity index is 3640. The zero-order valence-corrected chi connectivity index (χ0v) is 54.7. The SMILES string of the molecule is CBr.CC.CCCc1ccc(-c2ccc(N(c3ccc(-c4ccc(Br)cc4)cc3)c3ccc(-c4cc(C)c(-c5ccc(N(c6ccc(-c7ccc(Br)cc7)cc6)c6ccc(-c7ccc(CCC)cc7)cc6)cc5C)cc4C)c(C)c3)cc2)cc1. The van der Waals surface area contributed by atoms with Gasteiger partial charge in [-0.2, -0.15) is 0 Å². The van der Waals surface area contributed by atoms with Crippen LogP contribution in [0.5, 0.6) is 0 Å². The van der Waals surface area contributed by atoms with Crippen LogP contribution < -0.4 is 9.80 Å². The Morgan fingerprint density at radius 3 is 0.714 bits per heavy atom. The molecule has 0 amide bonds. The fourth-order valence-electron chi connectivity index (χ4n) is 11.3. The highest BCUT2D eigenvalue weighted by Gasteiger charge is 2.20. The Kier molecular flexibility index (Phi) is 20.9. The highest BCUT2D eigenvalue weighted by molar-refractivity contribution is 9.10. The average Bonchev–Trinajstić information content (AvgIpc) is 3.66. The predicted octanol–water partition coefficient (Wildman–Crippen LogP) is 25.3. The first-order valence-electron chi connectivity index (χ1n) is 29.4. The molecule has 0 aliphatic heterocycles. The molecule has 0 spiro atoms. The second-order valence-corrected chi connectivity index (χ2v) is 23.1. The fourth-order valence-corrected chi connectivity index (χ4v) is 11.8. The van der Waals surface area contributed by atoms with E-state index in [1.54, 1.807) is 0 Å². The van der Waals surface area contributed by atoms with Crippen LogP contribution >= 0.6 is 47.8 Å². The summed E-state index contributed by atoms with van der Waals surface area (Å²) in [5, 5.41) is 0. The van der Waals surface area contributed by atoms with Crippen molar-refractivity contribution in [2.24, 2.45) is 0 Å². The zero-order valence-electron chi connectivity index (χ0n) is 50.0. The normalized spacial score (nSPS) is 10.8. The van der Waals surface area contributed by atoms with Crippen molar-refractivity contribution < 1.29 is 0 Å². The summed E-state index contributed by atoms with van der Waals surface area (Å²) in [6, 6.07) is 89.8. The summed E-state index contributed by atoms with van der Waals surface area (Å²) in [5.74, 6) is 1.81. The first-order valence-corrected chi connectivity index (χ1v) is 32.6. The lowest BCUT2D eigenvalue weighted by atomic mass is 9.88. The molecule has 2 nitrogen and oxygen atoms in total. The van der Waals surface area contributed by atoms with Gasteiger partial charge in [-0.15, -0.1) is 0 Å². The summed E-state index contributed by atoms with van der Waals surface area (Å²) < 4.78 is 2.15. The number of aryl methyl sites for hydroxylation is 6. The van der Waals surface area contributed by atoms with Crippen LogP contribution in [0.2, 0.25) is 0 Å². The van der Waals surface area contributed by atoms with E-state index in [1.807, 2.05) is 19.7 Å². The van der Waals surface area contributed by atoms with Gasteiger partial charge in [0.05, 0.1) is 0 Å². The van der Waals surface area contributed by atoms with Crippen LogP contribution in [-0.4, -0.2) is 5.83 Å². The fraction of sp³-hybridized carbons (Fsp3) is 0.165. The molecule has 0 radical (unpaired) electrons. The highest BCUT2D eigenvalue weighted by Crippen LogP contribution is 2.43. The predicted molar refractivity (Wildman–Crippen MR) is 377 cm³/mol. The van der Waals surface area contributed by atoms with Crippen molar-refractivity contribution in [3.05, 3.63) is 285 Å². The molecule has 0 aliphatic rings. The van der Waals surface area contributed by atoms with E-state index in [0.717, 1.165) is 68.8 Å². The molecule has 0 saturated heterocycles. The largest absolute Gasteiger partial charge is 0.310 e. The monoisotopic (exact) mass is 1290 g/mol. The van der Waals surface area contributed by atoms with Gasteiger partial charge in [0.2, 0.25) is 0 Å². The van der Waals surface area contributed by atoms with Gasteiger partial charge in [-0.25, -0.2) is 0 Å². The van der Waals surface area contributed by atoms with Gasteiger partial charge in [0.25, 0.3) is 0 Å². The van der Waals surface area contributed by atoms with Gasteiger partial charge in [-0.05, 0) is 244 Å². The van der Waals surface area contributed by atoms with E-state index >= 15 is 0 Å². The molecular formula is C79H75Br3N2. The van der Waals surface area contributed by atoms with Crippen molar-refractivity contribution >= 4 is 81.9 Å². The second-order valence-electron chi connectivity index (χ2n) is 21.2. The molecule has 0 N–H and O–H groups in total. The van der Waals surface area contributed by atoms with Crippen LogP contribution in [0.15, 0.2) is 252 Å². The van der Waals surface area contributed by atoms with Crippen molar-refractivity contribution in [1.82, 2.24) is 0 Å². The number of alkyl halides is 1. The molecule has 5 heteroatoms. The third kappa shape index (κ3) is 14.2. The minimum atomic E-state index is 1.08. The van der Waals surface area contributed by atoms with Crippen molar-refractivity contribution in [3.8, 4) is 66.8 Å².